The van der Waals surface area contributed by atoms with Gasteiger partial charge in [0.05, 0.1) is 22.1 Å². The lowest BCUT2D eigenvalue weighted by Gasteiger charge is -2.14. The zero-order valence-electron chi connectivity index (χ0n) is 31.2. The second-order valence-electron chi connectivity index (χ2n) is 15.3. The van der Waals surface area contributed by atoms with Gasteiger partial charge in [-0.25, -0.2) is 0 Å². The van der Waals surface area contributed by atoms with Gasteiger partial charge in [-0.15, -0.1) is 11.3 Å². The Morgan fingerprint density at radius 3 is 1.34 bits per heavy atom. The summed E-state index contributed by atoms with van der Waals surface area (Å²) in [7, 11) is 0. The van der Waals surface area contributed by atoms with Crippen molar-refractivity contribution in [1.29, 1.82) is 0 Å². The molecule has 0 fully saturated rings. The maximum absolute atomic E-state index is 6.25. The van der Waals surface area contributed by atoms with Gasteiger partial charge in [-0.2, -0.15) is 0 Å². The summed E-state index contributed by atoms with van der Waals surface area (Å²) in [5, 5.41) is 9.86. The van der Waals surface area contributed by atoms with Crippen LogP contribution in [0.25, 0.3) is 119 Å². The highest BCUT2D eigenvalue weighted by Gasteiger charge is 2.18. The topological polar surface area (TPSA) is 23.0 Å². The van der Waals surface area contributed by atoms with E-state index in [1.165, 1.54) is 80.6 Å². The van der Waals surface area contributed by atoms with E-state index in [2.05, 4.69) is 191 Å². The van der Waals surface area contributed by atoms with Crippen molar-refractivity contribution in [2.24, 2.45) is 0 Å². The van der Waals surface area contributed by atoms with Gasteiger partial charge in [0.2, 0.25) is 0 Å². The lowest BCUT2D eigenvalue weighted by Crippen LogP contribution is -1.96. The maximum atomic E-state index is 6.25. The molecule has 0 saturated carbocycles. The number of para-hydroxylation sites is 5. The quantitative estimate of drug-likeness (QED) is 0.175. The Balaban J connectivity index is 1.04. The smallest absolute Gasteiger partial charge is 0.135 e. The van der Waals surface area contributed by atoms with Gasteiger partial charge in [0.1, 0.15) is 11.2 Å². The normalized spacial score (nSPS) is 12.1. The van der Waals surface area contributed by atoms with Crippen molar-refractivity contribution in [2.45, 2.75) is 0 Å². The van der Waals surface area contributed by atoms with E-state index in [1.54, 1.807) is 0 Å². The fourth-order valence-corrected chi connectivity index (χ4v) is 10.5. The van der Waals surface area contributed by atoms with Gasteiger partial charge < -0.3 is 13.6 Å². The lowest BCUT2D eigenvalue weighted by atomic mass is 9.96. The molecular weight excluding hydrogens is 725 g/mol. The Hall–Kier alpha value is -7.40. The standard InChI is InChI=1S/C54H32N2OS/c1-6-16-47-39(11-1)40-12-2-7-17-48(40)55(47)37-23-26-54-46(32-37)45-31-34(22-25-53(45)58-54)36-27-35(33-21-24-52-44(30-33)43-15-5-10-20-51(43)57-52)28-38(29-36)56-49-18-8-3-13-41(49)42-14-4-9-19-50(42)56/h1-32H. The highest BCUT2D eigenvalue weighted by atomic mass is 32.1. The zero-order valence-corrected chi connectivity index (χ0v) is 32.0. The molecule has 0 unspecified atom stereocenters. The number of aromatic nitrogens is 2. The van der Waals surface area contributed by atoms with Gasteiger partial charge >= 0.3 is 0 Å². The van der Waals surface area contributed by atoms with E-state index in [1.807, 2.05) is 23.5 Å². The van der Waals surface area contributed by atoms with Crippen LogP contribution in [-0.2, 0) is 0 Å². The van der Waals surface area contributed by atoms with Gasteiger partial charge in [-0.3, -0.25) is 0 Å². The minimum atomic E-state index is 0.902. The number of hydrogen-bond acceptors (Lipinski definition) is 2. The summed E-state index contributed by atoms with van der Waals surface area (Å²) < 4.78 is 13.7. The van der Waals surface area contributed by atoms with Crippen LogP contribution in [0.1, 0.15) is 0 Å². The second kappa shape index (κ2) is 12.1. The Bertz CT molecular complexity index is 3710. The number of rotatable bonds is 4. The summed E-state index contributed by atoms with van der Waals surface area (Å²) in [6, 6.07) is 71.0. The molecule has 13 aromatic rings. The van der Waals surface area contributed by atoms with E-state index in [9.17, 15) is 0 Å². The number of nitrogens with zero attached hydrogens (tertiary/aromatic N) is 2. The Morgan fingerprint density at radius 2 is 0.741 bits per heavy atom. The highest BCUT2D eigenvalue weighted by Crippen LogP contribution is 2.42. The van der Waals surface area contributed by atoms with Crippen molar-refractivity contribution >= 4 is 97.1 Å². The number of thiophene rings is 1. The first-order valence-corrected chi connectivity index (χ1v) is 20.6. The number of fused-ring (bicyclic) bond motifs is 12. The molecule has 0 atom stereocenters. The van der Waals surface area contributed by atoms with E-state index >= 15 is 0 Å². The minimum absolute atomic E-state index is 0.902. The van der Waals surface area contributed by atoms with E-state index in [-0.39, 0.29) is 0 Å². The molecule has 0 saturated heterocycles. The molecule has 4 heterocycles. The first-order valence-electron chi connectivity index (χ1n) is 19.7. The summed E-state index contributed by atoms with van der Waals surface area (Å²) in [5.74, 6) is 0. The molecule has 0 radical (unpaired) electrons. The Morgan fingerprint density at radius 1 is 0.293 bits per heavy atom. The lowest BCUT2D eigenvalue weighted by molar-refractivity contribution is 0.669. The fraction of sp³-hybridized carbons (Fsp3) is 0. The molecule has 0 aliphatic rings. The maximum Gasteiger partial charge on any atom is 0.135 e. The molecule has 0 N–H and O–H groups in total. The van der Waals surface area contributed by atoms with Crippen LogP contribution in [0.15, 0.2) is 199 Å². The van der Waals surface area contributed by atoms with Crippen molar-refractivity contribution < 1.29 is 4.42 Å². The number of furan rings is 1. The SMILES string of the molecule is c1ccc2c(c1)oc1ccc(-c3cc(-c4ccc5sc6ccc(-n7c8ccccc8c8ccccc87)cc6c5c4)cc(-n4c5ccccc5c5ccccc54)c3)cc12. The molecule has 270 valence electrons. The first-order chi connectivity index (χ1) is 28.7. The van der Waals surface area contributed by atoms with E-state index in [0.29, 0.717) is 0 Å². The molecule has 58 heavy (non-hydrogen) atoms. The third-order valence-electron chi connectivity index (χ3n) is 12.1. The third-order valence-corrected chi connectivity index (χ3v) is 13.2. The Labute approximate surface area is 336 Å². The summed E-state index contributed by atoms with van der Waals surface area (Å²) in [6.45, 7) is 0. The van der Waals surface area contributed by atoms with Crippen LogP contribution in [0.4, 0.5) is 0 Å². The van der Waals surface area contributed by atoms with Crippen LogP contribution in [0.5, 0.6) is 0 Å². The van der Waals surface area contributed by atoms with Gasteiger partial charge in [-0.05, 0) is 113 Å². The number of hydrogen-bond donors (Lipinski definition) is 0. The predicted octanol–water partition coefficient (Wildman–Crippen LogP) is 15.5. The van der Waals surface area contributed by atoms with Gasteiger partial charge in [0.15, 0.2) is 0 Å². The van der Waals surface area contributed by atoms with Crippen LogP contribution in [0, 0.1) is 0 Å². The fourth-order valence-electron chi connectivity index (χ4n) is 9.46. The number of benzene rings is 9. The summed E-state index contributed by atoms with van der Waals surface area (Å²) in [5.41, 5.74) is 13.6. The molecule has 3 nitrogen and oxygen atoms in total. The molecule has 4 heteroatoms. The van der Waals surface area contributed by atoms with Crippen molar-refractivity contribution in [2.75, 3.05) is 0 Å². The monoisotopic (exact) mass is 756 g/mol. The molecule has 9 aromatic carbocycles. The minimum Gasteiger partial charge on any atom is -0.456 e. The summed E-state index contributed by atoms with van der Waals surface area (Å²) >= 11 is 1.86. The molecule has 4 aromatic heterocycles. The molecule has 13 rings (SSSR count). The average Bonchev–Trinajstić information content (AvgIpc) is 4.03. The average molecular weight is 757 g/mol. The molecule has 0 spiro atoms. The third kappa shape index (κ3) is 4.61. The van der Waals surface area contributed by atoms with Crippen molar-refractivity contribution in [3.8, 4) is 33.6 Å². The summed E-state index contributed by atoms with van der Waals surface area (Å²) in [6.07, 6.45) is 0. The summed E-state index contributed by atoms with van der Waals surface area (Å²) in [4.78, 5) is 0. The van der Waals surface area contributed by atoms with Gasteiger partial charge in [0.25, 0.3) is 0 Å². The van der Waals surface area contributed by atoms with Crippen molar-refractivity contribution in [3.63, 3.8) is 0 Å². The molecule has 0 bridgehead atoms. The van der Waals surface area contributed by atoms with Crippen LogP contribution in [0.2, 0.25) is 0 Å². The highest BCUT2D eigenvalue weighted by molar-refractivity contribution is 7.25. The second-order valence-corrected chi connectivity index (χ2v) is 16.4. The van der Waals surface area contributed by atoms with Crippen LogP contribution >= 0.6 is 11.3 Å². The predicted molar refractivity (Wildman–Crippen MR) is 246 cm³/mol. The zero-order chi connectivity index (χ0) is 37.9. The largest absolute Gasteiger partial charge is 0.456 e. The van der Waals surface area contributed by atoms with E-state index in [4.69, 9.17) is 4.42 Å². The van der Waals surface area contributed by atoms with Crippen molar-refractivity contribution in [1.82, 2.24) is 9.13 Å². The van der Waals surface area contributed by atoms with Crippen molar-refractivity contribution in [3.05, 3.63) is 194 Å². The van der Waals surface area contributed by atoms with Gasteiger partial charge in [0, 0.05) is 63.9 Å². The van der Waals surface area contributed by atoms with Crippen LogP contribution in [-0.4, -0.2) is 9.13 Å². The molecule has 0 amide bonds. The Kier molecular flexibility index (Phi) is 6.60. The van der Waals surface area contributed by atoms with Crippen LogP contribution in [0.3, 0.4) is 0 Å². The first kappa shape index (κ1) is 31.8. The van der Waals surface area contributed by atoms with E-state index < -0.39 is 0 Å². The molecule has 0 aliphatic heterocycles. The molecule has 0 aliphatic carbocycles. The van der Waals surface area contributed by atoms with E-state index in [0.717, 1.165) is 38.8 Å². The molecular formula is C54H32N2OS. The van der Waals surface area contributed by atoms with Gasteiger partial charge in [-0.1, -0.05) is 103 Å². The van der Waals surface area contributed by atoms with Crippen LogP contribution < -0.4 is 0 Å².